The number of aromatic carboxylic acids is 1. The van der Waals surface area contributed by atoms with Gasteiger partial charge in [0.15, 0.2) is 0 Å². The highest BCUT2D eigenvalue weighted by Gasteiger charge is 2.20. The highest BCUT2D eigenvalue weighted by Crippen LogP contribution is 2.28. The van der Waals surface area contributed by atoms with Gasteiger partial charge < -0.3 is 20.0 Å². The Morgan fingerprint density at radius 1 is 1.00 bits per heavy atom. The van der Waals surface area contributed by atoms with Crippen LogP contribution >= 0.6 is 0 Å². The Labute approximate surface area is 182 Å². The molecule has 0 fully saturated rings. The maximum absolute atomic E-state index is 13.5. The van der Waals surface area contributed by atoms with E-state index in [1.165, 1.54) is 48.5 Å². The van der Waals surface area contributed by atoms with Crippen LogP contribution in [0, 0.1) is 5.82 Å². The molecule has 4 N–H and O–H groups in total. The number of carboxylic acid groups (broad SMARTS) is 1. The minimum Gasteiger partial charge on any atom is -0.478 e. The van der Waals surface area contributed by atoms with Crippen LogP contribution in [0.5, 0.6) is 11.5 Å². The van der Waals surface area contributed by atoms with E-state index < -0.39 is 29.7 Å². The molecule has 0 saturated carbocycles. The van der Waals surface area contributed by atoms with E-state index in [2.05, 4.69) is 10.2 Å². The second kappa shape index (κ2) is 9.71. The Morgan fingerprint density at radius 3 is 2.31 bits per heavy atom. The van der Waals surface area contributed by atoms with E-state index in [1.54, 1.807) is 19.1 Å². The number of rotatable bonds is 7. The Kier molecular flexibility index (Phi) is 6.81. The molecule has 0 aliphatic rings. The van der Waals surface area contributed by atoms with Gasteiger partial charge in [-0.15, -0.1) is 0 Å². The highest BCUT2D eigenvalue weighted by molar-refractivity contribution is 6.00. The molecule has 3 aromatic carbocycles. The summed E-state index contributed by atoms with van der Waals surface area (Å²) in [6.07, 6.45) is 0. The highest BCUT2D eigenvalue weighted by atomic mass is 19.1. The second-order valence-electron chi connectivity index (χ2n) is 6.80. The summed E-state index contributed by atoms with van der Waals surface area (Å²) in [5.41, 5.74) is 0.786. The first-order valence-corrected chi connectivity index (χ1v) is 9.41. The number of halogens is 1. The standard InChI is InChI=1S/C23H19FN2O6/c1-13(14-5-7-15(8-6-14)22(28)29)26-21(27)19-11-16(23(30)32-25)9-10-20(19)31-18-4-2-3-17(24)12-18/h2-13H,25H2,1H3,(H,26,27)(H,28,29)/t13-/m0/s1. The van der Waals surface area contributed by atoms with E-state index in [-0.39, 0.29) is 28.2 Å². The van der Waals surface area contributed by atoms with Crippen LogP contribution in [0.25, 0.3) is 0 Å². The fourth-order valence-corrected chi connectivity index (χ4v) is 2.92. The number of hydrogen-bond acceptors (Lipinski definition) is 6. The van der Waals surface area contributed by atoms with Crippen LogP contribution in [0.3, 0.4) is 0 Å². The number of amides is 1. The Balaban J connectivity index is 1.89. The summed E-state index contributed by atoms with van der Waals surface area (Å²) in [5.74, 6) is 2.15. The van der Waals surface area contributed by atoms with Gasteiger partial charge in [-0.25, -0.2) is 14.0 Å². The Morgan fingerprint density at radius 2 is 1.69 bits per heavy atom. The average Bonchev–Trinajstić information content (AvgIpc) is 2.78. The van der Waals surface area contributed by atoms with Crippen LogP contribution in [-0.2, 0) is 4.84 Å². The van der Waals surface area contributed by atoms with Gasteiger partial charge in [0.1, 0.15) is 17.3 Å². The zero-order chi connectivity index (χ0) is 23.3. The minimum absolute atomic E-state index is 0.00818. The van der Waals surface area contributed by atoms with E-state index >= 15 is 0 Å². The molecule has 32 heavy (non-hydrogen) atoms. The number of carboxylic acids is 1. The van der Waals surface area contributed by atoms with Crippen molar-refractivity contribution in [1.82, 2.24) is 5.32 Å². The van der Waals surface area contributed by atoms with Gasteiger partial charge in [-0.05, 0) is 55.0 Å². The van der Waals surface area contributed by atoms with Crippen molar-refractivity contribution < 1.29 is 33.5 Å². The molecule has 3 rings (SSSR count). The van der Waals surface area contributed by atoms with Crippen molar-refractivity contribution in [2.24, 2.45) is 5.90 Å². The molecule has 3 aromatic rings. The third-order valence-electron chi connectivity index (χ3n) is 4.60. The van der Waals surface area contributed by atoms with Crippen molar-refractivity contribution in [1.29, 1.82) is 0 Å². The SMILES string of the molecule is C[C@H](NC(=O)c1cc(C(=O)ON)ccc1Oc1cccc(F)c1)c1ccc(C(=O)O)cc1. The molecular weight excluding hydrogens is 419 g/mol. The summed E-state index contributed by atoms with van der Waals surface area (Å²) in [4.78, 5) is 40.0. The van der Waals surface area contributed by atoms with E-state index in [1.807, 2.05) is 0 Å². The number of ether oxygens (including phenoxy) is 1. The summed E-state index contributed by atoms with van der Waals surface area (Å²) < 4.78 is 19.2. The van der Waals surface area contributed by atoms with Crippen LogP contribution in [0.1, 0.15) is 49.6 Å². The predicted molar refractivity (Wildman–Crippen MR) is 112 cm³/mol. The Bertz CT molecular complexity index is 1160. The van der Waals surface area contributed by atoms with Crippen LogP contribution in [0.2, 0.25) is 0 Å². The van der Waals surface area contributed by atoms with Gasteiger partial charge in [-0.3, -0.25) is 4.79 Å². The molecule has 0 aromatic heterocycles. The molecule has 9 heteroatoms. The minimum atomic E-state index is -1.06. The van der Waals surface area contributed by atoms with Crippen molar-refractivity contribution >= 4 is 17.8 Å². The molecule has 0 heterocycles. The molecule has 1 atom stereocenters. The number of benzene rings is 3. The molecule has 1 amide bonds. The zero-order valence-corrected chi connectivity index (χ0v) is 16.9. The van der Waals surface area contributed by atoms with Crippen molar-refractivity contribution in [3.63, 3.8) is 0 Å². The number of carbonyl (C=O) groups excluding carboxylic acids is 2. The smallest absolute Gasteiger partial charge is 0.356 e. The Hall–Kier alpha value is -4.24. The van der Waals surface area contributed by atoms with Crippen LogP contribution in [0.15, 0.2) is 66.7 Å². The average molecular weight is 438 g/mol. The van der Waals surface area contributed by atoms with Crippen molar-refractivity contribution in [2.75, 3.05) is 0 Å². The fraction of sp³-hybridized carbons (Fsp3) is 0.0870. The van der Waals surface area contributed by atoms with E-state index in [4.69, 9.17) is 15.7 Å². The topological polar surface area (TPSA) is 128 Å². The summed E-state index contributed by atoms with van der Waals surface area (Å²) in [6.45, 7) is 1.71. The second-order valence-corrected chi connectivity index (χ2v) is 6.80. The van der Waals surface area contributed by atoms with Gasteiger partial charge in [0.25, 0.3) is 5.91 Å². The van der Waals surface area contributed by atoms with Gasteiger partial charge in [0.2, 0.25) is 0 Å². The molecular formula is C23H19FN2O6. The maximum atomic E-state index is 13.5. The molecule has 8 nitrogen and oxygen atoms in total. The molecule has 0 radical (unpaired) electrons. The first-order valence-electron chi connectivity index (χ1n) is 9.41. The first-order chi connectivity index (χ1) is 15.3. The molecule has 164 valence electrons. The van der Waals surface area contributed by atoms with E-state index in [9.17, 15) is 18.8 Å². The van der Waals surface area contributed by atoms with Crippen molar-refractivity contribution in [3.05, 3.63) is 94.8 Å². The molecule has 0 aliphatic heterocycles. The first kappa shape index (κ1) is 22.4. The monoisotopic (exact) mass is 438 g/mol. The lowest BCUT2D eigenvalue weighted by atomic mass is 10.0. The van der Waals surface area contributed by atoms with Crippen molar-refractivity contribution in [3.8, 4) is 11.5 Å². The molecule has 0 unspecified atom stereocenters. The number of hydrogen-bond donors (Lipinski definition) is 3. The number of nitrogens with two attached hydrogens (primary N) is 1. The van der Waals surface area contributed by atoms with Crippen LogP contribution in [0.4, 0.5) is 4.39 Å². The van der Waals surface area contributed by atoms with Gasteiger partial charge in [0, 0.05) is 6.07 Å². The summed E-state index contributed by atoms with van der Waals surface area (Å²) in [7, 11) is 0. The summed E-state index contributed by atoms with van der Waals surface area (Å²) >= 11 is 0. The zero-order valence-electron chi connectivity index (χ0n) is 16.9. The van der Waals surface area contributed by atoms with Gasteiger partial charge in [-0.2, -0.15) is 5.90 Å². The van der Waals surface area contributed by atoms with Crippen LogP contribution < -0.4 is 16.0 Å². The molecule has 0 aliphatic carbocycles. The van der Waals surface area contributed by atoms with Gasteiger partial charge >= 0.3 is 11.9 Å². The third kappa shape index (κ3) is 5.27. The number of nitrogens with one attached hydrogen (secondary N) is 1. The predicted octanol–water partition coefficient (Wildman–Crippen LogP) is 3.84. The quantitative estimate of drug-likeness (QED) is 0.478. The van der Waals surface area contributed by atoms with Gasteiger partial charge in [0.05, 0.1) is 22.7 Å². The largest absolute Gasteiger partial charge is 0.478 e. The lowest BCUT2D eigenvalue weighted by molar-refractivity contribution is 0.0503. The lowest BCUT2D eigenvalue weighted by Gasteiger charge is -2.17. The van der Waals surface area contributed by atoms with Crippen molar-refractivity contribution in [2.45, 2.75) is 13.0 Å². The lowest BCUT2D eigenvalue weighted by Crippen LogP contribution is -2.27. The summed E-state index contributed by atoms with van der Waals surface area (Å²) in [5, 5.41) is 11.8. The van der Waals surface area contributed by atoms with E-state index in [0.29, 0.717) is 5.56 Å². The molecule has 0 bridgehead atoms. The number of carbonyl (C=O) groups is 3. The molecule has 0 saturated heterocycles. The maximum Gasteiger partial charge on any atom is 0.356 e. The summed E-state index contributed by atoms with van der Waals surface area (Å²) in [6, 6.07) is 14.9. The van der Waals surface area contributed by atoms with Gasteiger partial charge in [-0.1, -0.05) is 18.2 Å². The van der Waals surface area contributed by atoms with E-state index in [0.717, 1.165) is 6.07 Å². The third-order valence-corrected chi connectivity index (χ3v) is 4.60. The molecule has 0 spiro atoms. The fourth-order valence-electron chi connectivity index (χ4n) is 2.92. The van der Waals surface area contributed by atoms with Crippen LogP contribution in [-0.4, -0.2) is 23.0 Å². The normalized spacial score (nSPS) is 11.3.